The minimum atomic E-state index is -0.410. The number of benzene rings is 2. The van der Waals surface area contributed by atoms with E-state index in [0.717, 1.165) is 60.9 Å². The first-order chi connectivity index (χ1) is 29.2. The summed E-state index contributed by atoms with van der Waals surface area (Å²) in [6, 6.07) is 20.4. The van der Waals surface area contributed by atoms with Crippen molar-refractivity contribution in [1.29, 1.82) is 0 Å². The number of rotatable bonds is 8. The Kier molecular flexibility index (Phi) is 10.7. The Balaban J connectivity index is 0.000000154. The molecule has 6 heterocycles. The molecule has 0 bridgehead atoms. The summed E-state index contributed by atoms with van der Waals surface area (Å²) in [7, 11) is 0. The molecule has 2 N–H and O–H groups in total. The molecule has 0 aliphatic heterocycles. The van der Waals surface area contributed by atoms with Crippen molar-refractivity contribution >= 4 is 23.2 Å². The van der Waals surface area contributed by atoms with Crippen LogP contribution in [0.25, 0.3) is 34.1 Å². The number of hydrogen-bond acceptors (Lipinski definition) is 10. The van der Waals surface area contributed by atoms with Crippen molar-refractivity contribution in [3.05, 3.63) is 143 Å². The zero-order valence-electron chi connectivity index (χ0n) is 34.0. The smallest absolute Gasteiger partial charge is 0.228 e. The third-order valence-corrected chi connectivity index (χ3v) is 11.3. The van der Waals surface area contributed by atoms with Crippen molar-refractivity contribution in [2.75, 3.05) is 10.6 Å². The fourth-order valence-corrected chi connectivity index (χ4v) is 8.12. The van der Waals surface area contributed by atoms with Gasteiger partial charge in [-0.3, -0.25) is 9.97 Å². The van der Waals surface area contributed by atoms with Crippen molar-refractivity contribution in [3.8, 4) is 22.8 Å². The number of fused-ring (bicyclic) bond motifs is 4. The van der Waals surface area contributed by atoms with Gasteiger partial charge in [0.1, 0.15) is 11.6 Å². The lowest BCUT2D eigenvalue weighted by Gasteiger charge is -2.26. The molecule has 0 fully saturated rings. The maximum absolute atomic E-state index is 13.8. The predicted octanol–water partition coefficient (Wildman–Crippen LogP) is 8.84. The second kappa shape index (κ2) is 16.5. The SMILES string of the molecule is CC(C)c1cnn2c(N[C@@H]3CCc4ccccc4C3)nc(-c3cncc(F)c3)nc12.CC(C)c1cnn2c(N[C@H]3CCc4ccccc4C3)nc(-c3cncc(F)c3)nc12. The fourth-order valence-electron chi connectivity index (χ4n) is 8.12. The average Bonchev–Trinajstić information content (AvgIpc) is 3.90. The predicted molar refractivity (Wildman–Crippen MR) is 228 cm³/mol. The summed E-state index contributed by atoms with van der Waals surface area (Å²) in [5.41, 5.74) is 10.2. The van der Waals surface area contributed by atoms with Gasteiger partial charge in [-0.15, -0.1) is 0 Å². The monoisotopic (exact) mass is 804 g/mol. The highest BCUT2D eigenvalue weighted by molar-refractivity contribution is 5.63. The summed E-state index contributed by atoms with van der Waals surface area (Å²) in [4.78, 5) is 26.7. The summed E-state index contributed by atoms with van der Waals surface area (Å²) in [6.45, 7) is 8.42. The van der Waals surface area contributed by atoms with Crippen LogP contribution in [0.4, 0.5) is 20.7 Å². The van der Waals surface area contributed by atoms with Gasteiger partial charge in [0.05, 0.1) is 24.8 Å². The van der Waals surface area contributed by atoms with Crippen LogP contribution in [0.15, 0.2) is 97.8 Å². The number of nitrogens with one attached hydrogen (secondary N) is 2. The Morgan fingerprint density at radius 2 is 0.967 bits per heavy atom. The van der Waals surface area contributed by atoms with E-state index in [4.69, 9.17) is 19.9 Å². The van der Waals surface area contributed by atoms with Gasteiger partial charge in [0.15, 0.2) is 22.9 Å². The lowest BCUT2D eigenvalue weighted by molar-refractivity contribution is 0.602. The van der Waals surface area contributed by atoms with Crippen molar-refractivity contribution in [2.24, 2.45) is 0 Å². The van der Waals surface area contributed by atoms with E-state index in [1.165, 1.54) is 46.8 Å². The van der Waals surface area contributed by atoms with Crippen molar-refractivity contribution in [2.45, 2.75) is 90.1 Å². The minimum Gasteiger partial charge on any atom is -0.351 e. The molecule has 12 nitrogen and oxygen atoms in total. The molecule has 2 aliphatic carbocycles. The van der Waals surface area contributed by atoms with Crippen LogP contribution in [0.3, 0.4) is 0 Å². The first-order valence-corrected chi connectivity index (χ1v) is 20.6. The third-order valence-electron chi connectivity index (χ3n) is 11.3. The highest BCUT2D eigenvalue weighted by Crippen LogP contribution is 2.29. The molecule has 0 radical (unpaired) electrons. The second-order valence-electron chi connectivity index (χ2n) is 16.2. The van der Waals surface area contributed by atoms with Crippen LogP contribution in [-0.2, 0) is 25.7 Å². The molecule has 0 saturated heterocycles. The van der Waals surface area contributed by atoms with E-state index in [9.17, 15) is 8.78 Å². The number of aryl methyl sites for hydroxylation is 2. The van der Waals surface area contributed by atoms with E-state index in [-0.39, 0.29) is 23.9 Å². The molecule has 6 aromatic heterocycles. The van der Waals surface area contributed by atoms with Crippen molar-refractivity contribution in [1.82, 2.24) is 49.1 Å². The van der Waals surface area contributed by atoms with Gasteiger partial charge in [0.25, 0.3) is 0 Å². The molecule has 2 aromatic carbocycles. The molecular weight excluding hydrogens is 759 g/mol. The lowest BCUT2D eigenvalue weighted by Crippen LogP contribution is -2.29. The van der Waals surface area contributed by atoms with Gasteiger partial charge in [0, 0.05) is 46.7 Å². The maximum Gasteiger partial charge on any atom is 0.228 e. The molecule has 8 aromatic rings. The molecule has 0 saturated carbocycles. The van der Waals surface area contributed by atoms with Crippen LogP contribution in [-0.4, -0.2) is 61.2 Å². The fraction of sp³-hybridized carbons (Fsp3) is 0.304. The molecule has 304 valence electrons. The van der Waals surface area contributed by atoms with E-state index < -0.39 is 11.6 Å². The van der Waals surface area contributed by atoms with Gasteiger partial charge in [-0.2, -0.15) is 29.2 Å². The maximum atomic E-state index is 13.8. The first kappa shape index (κ1) is 38.8. The number of nitrogens with zero attached hydrogens (tertiary/aromatic N) is 10. The van der Waals surface area contributed by atoms with Gasteiger partial charge >= 0.3 is 0 Å². The number of halogens is 2. The molecule has 0 unspecified atom stereocenters. The quantitative estimate of drug-likeness (QED) is 0.153. The zero-order valence-corrected chi connectivity index (χ0v) is 34.0. The molecule has 60 heavy (non-hydrogen) atoms. The van der Waals surface area contributed by atoms with E-state index in [1.807, 2.05) is 12.4 Å². The van der Waals surface area contributed by atoms with Gasteiger partial charge in [-0.05, 0) is 84.7 Å². The number of hydrogen-bond donors (Lipinski definition) is 2. The van der Waals surface area contributed by atoms with E-state index in [1.54, 1.807) is 21.4 Å². The topological polar surface area (TPSA) is 136 Å². The molecule has 2 aliphatic rings. The molecule has 14 heteroatoms. The highest BCUT2D eigenvalue weighted by Gasteiger charge is 2.24. The summed E-state index contributed by atoms with van der Waals surface area (Å²) < 4.78 is 31.1. The van der Waals surface area contributed by atoms with Crippen molar-refractivity contribution < 1.29 is 8.78 Å². The van der Waals surface area contributed by atoms with Gasteiger partial charge < -0.3 is 10.6 Å². The van der Waals surface area contributed by atoms with Crippen LogP contribution in [0.1, 0.15) is 85.8 Å². The van der Waals surface area contributed by atoms with Crippen LogP contribution >= 0.6 is 0 Å². The number of aromatic nitrogens is 10. The van der Waals surface area contributed by atoms with Crippen LogP contribution in [0.2, 0.25) is 0 Å². The molecule has 0 amide bonds. The number of anilines is 2. The molecular formula is C46H46F2N12. The molecule has 10 rings (SSSR count). The lowest BCUT2D eigenvalue weighted by atomic mass is 9.88. The van der Waals surface area contributed by atoms with E-state index in [0.29, 0.717) is 34.7 Å². The number of pyridine rings is 2. The average molecular weight is 805 g/mol. The Labute approximate surface area is 346 Å². The van der Waals surface area contributed by atoms with Crippen LogP contribution in [0.5, 0.6) is 0 Å². The molecule has 0 spiro atoms. The Morgan fingerprint density at radius 3 is 1.37 bits per heavy atom. The van der Waals surface area contributed by atoms with Crippen LogP contribution in [0, 0.1) is 11.6 Å². The summed E-state index contributed by atoms with van der Waals surface area (Å²) in [5, 5.41) is 16.2. The summed E-state index contributed by atoms with van der Waals surface area (Å²) in [5.74, 6) is 1.81. The second-order valence-corrected chi connectivity index (χ2v) is 16.2. The summed E-state index contributed by atoms with van der Waals surface area (Å²) >= 11 is 0. The highest BCUT2D eigenvalue weighted by atomic mass is 19.1. The van der Waals surface area contributed by atoms with Crippen molar-refractivity contribution in [3.63, 3.8) is 0 Å². The van der Waals surface area contributed by atoms with Gasteiger partial charge in [0.2, 0.25) is 11.9 Å². The molecule has 2 atom stereocenters. The standard InChI is InChI=1S/2C23H23FN6/c2*1-14(2)20-13-26-30-22(20)28-21(17-9-18(24)12-25-11-17)29-23(30)27-19-8-7-15-5-3-4-6-16(15)10-19/h2*3-6,9,11-14,19H,7-8,10H2,1-2H3,(H,27,28,29)/t2*19-/m10/s1. The largest absolute Gasteiger partial charge is 0.351 e. The van der Waals surface area contributed by atoms with Gasteiger partial charge in [-0.25, -0.2) is 18.7 Å². The van der Waals surface area contributed by atoms with E-state index in [2.05, 4.69) is 107 Å². The minimum absolute atomic E-state index is 0.239. The van der Waals surface area contributed by atoms with Crippen LogP contribution < -0.4 is 10.6 Å². The Hall–Kier alpha value is -6.70. The van der Waals surface area contributed by atoms with Gasteiger partial charge in [-0.1, -0.05) is 76.2 Å². The van der Waals surface area contributed by atoms with E-state index >= 15 is 0 Å². The third kappa shape index (κ3) is 8.01. The summed E-state index contributed by atoms with van der Waals surface area (Å²) in [6.07, 6.45) is 15.1. The first-order valence-electron chi connectivity index (χ1n) is 20.6. The Bertz CT molecular complexity index is 2620. The normalized spacial score (nSPS) is 16.1. The Morgan fingerprint density at radius 1 is 0.550 bits per heavy atom. The zero-order chi connectivity index (χ0) is 41.3.